The number of rotatable bonds is 7. The first-order chi connectivity index (χ1) is 12.1. The first kappa shape index (κ1) is 21.8. The number of carbonyl (C=O) groups is 1. The number of benzene rings is 1. The molecule has 6 nitrogen and oxygen atoms in total. The molecule has 1 heterocycles. The van der Waals surface area contributed by atoms with Crippen molar-refractivity contribution in [1.29, 1.82) is 0 Å². The average Bonchev–Trinajstić information content (AvgIpc) is 2.89. The van der Waals surface area contributed by atoms with Gasteiger partial charge in [0.1, 0.15) is 12.4 Å². The topological polar surface area (TPSA) is 68.8 Å². The van der Waals surface area contributed by atoms with Crippen LogP contribution in [-0.4, -0.2) is 65.7 Å². The molecule has 1 aromatic rings. The summed E-state index contributed by atoms with van der Waals surface area (Å²) in [6.45, 7) is 4.85. The first-order valence-corrected chi connectivity index (χ1v) is 8.53. The molecule has 0 radical (unpaired) electrons. The van der Waals surface area contributed by atoms with Crippen LogP contribution in [0.5, 0.6) is 0 Å². The van der Waals surface area contributed by atoms with Gasteiger partial charge in [0.2, 0.25) is 5.91 Å². The Kier molecular flexibility index (Phi) is 12.2. The van der Waals surface area contributed by atoms with Crippen molar-refractivity contribution >= 4 is 17.5 Å². The summed E-state index contributed by atoms with van der Waals surface area (Å²) in [6.07, 6.45) is 0. The summed E-state index contributed by atoms with van der Waals surface area (Å²) in [4.78, 5) is 11.4. The minimum atomic E-state index is -0.367. The van der Waals surface area contributed by atoms with Gasteiger partial charge in [0.25, 0.3) is 0 Å². The molecule has 1 saturated heterocycles. The number of nitrogens with one attached hydrogen (secondary N) is 2. The molecule has 0 spiro atoms. The van der Waals surface area contributed by atoms with Crippen molar-refractivity contribution in [3.8, 4) is 0 Å². The zero-order chi connectivity index (χ0) is 18.3. The SMILES string of the molecule is COCCOCC(=O)NCC1CNCCOC1.Fc1ccccc1Cl. The molecule has 0 saturated carbocycles. The van der Waals surface area contributed by atoms with Gasteiger partial charge in [-0.1, -0.05) is 23.7 Å². The molecule has 0 aliphatic carbocycles. The highest BCUT2D eigenvalue weighted by Crippen LogP contribution is 2.11. The molecule has 1 unspecified atom stereocenters. The maximum atomic E-state index is 12.2. The van der Waals surface area contributed by atoms with Crippen molar-refractivity contribution in [1.82, 2.24) is 10.6 Å². The Labute approximate surface area is 153 Å². The monoisotopic (exact) mass is 376 g/mol. The number of carbonyl (C=O) groups excluding carboxylic acids is 1. The molecule has 8 heteroatoms. The molecular weight excluding hydrogens is 351 g/mol. The van der Waals surface area contributed by atoms with E-state index in [-0.39, 0.29) is 23.4 Å². The van der Waals surface area contributed by atoms with Crippen LogP contribution < -0.4 is 10.6 Å². The quantitative estimate of drug-likeness (QED) is 0.705. The van der Waals surface area contributed by atoms with Crippen LogP contribution in [0.1, 0.15) is 0 Å². The lowest BCUT2D eigenvalue weighted by Crippen LogP contribution is -2.37. The van der Waals surface area contributed by atoms with Crippen LogP contribution in [0.2, 0.25) is 5.02 Å². The number of methoxy groups -OCH3 is 1. The van der Waals surface area contributed by atoms with Gasteiger partial charge in [0.05, 0.1) is 31.5 Å². The highest BCUT2D eigenvalue weighted by Gasteiger charge is 2.13. The van der Waals surface area contributed by atoms with Crippen molar-refractivity contribution in [2.75, 3.05) is 59.8 Å². The highest BCUT2D eigenvalue weighted by molar-refractivity contribution is 6.30. The van der Waals surface area contributed by atoms with Crippen LogP contribution in [0.3, 0.4) is 0 Å². The molecule has 1 fully saturated rings. The van der Waals surface area contributed by atoms with E-state index in [0.29, 0.717) is 32.3 Å². The molecule has 0 bridgehead atoms. The van der Waals surface area contributed by atoms with E-state index in [2.05, 4.69) is 10.6 Å². The predicted molar refractivity (Wildman–Crippen MR) is 94.3 cm³/mol. The lowest BCUT2D eigenvalue weighted by atomic mass is 10.1. The number of ether oxygens (including phenoxy) is 3. The van der Waals surface area contributed by atoms with E-state index in [4.69, 9.17) is 25.8 Å². The summed E-state index contributed by atoms with van der Waals surface area (Å²) in [5, 5.41) is 6.26. The minimum absolute atomic E-state index is 0.0877. The van der Waals surface area contributed by atoms with Gasteiger partial charge in [-0.25, -0.2) is 4.39 Å². The van der Waals surface area contributed by atoms with Gasteiger partial charge >= 0.3 is 0 Å². The largest absolute Gasteiger partial charge is 0.382 e. The van der Waals surface area contributed by atoms with E-state index in [1.165, 1.54) is 12.1 Å². The second-order valence-corrected chi connectivity index (χ2v) is 5.82. The molecule has 1 aromatic carbocycles. The average molecular weight is 377 g/mol. The summed E-state index contributed by atoms with van der Waals surface area (Å²) in [5.41, 5.74) is 0. The van der Waals surface area contributed by atoms with Gasteiger partial charge in [-0.2, -0.15) is 0 Å². The van der Waals surface area contributed by atoms with Gasteiger partial charge < -0.3 is 24.8 Å². The highest BCUT2D eigenvalue weighted by atomic mass is 35.5. The molecule has 25 heavy (non-hydrogen) atoms. The fourth-order valence-corrected chi connectivity index (χ4v) is 2.08. The lowest BCUT2D eigenvalue weighted by molar-refractivity contribution is -0.126. The van der Waals surface area contributed by atoms with Crippen LogP contribution in [0, 0.1) is 11.7 Å². The van der Waals surface area contributed by atoms with Crippen LogP contribution in [-0.2, 0) is 19.0 Å². The Morgan fingerprint density at radius 1 is 1.44 bits per heavy atom. The minimum Gasteiger partial charge on any atom is -0.382 e. The predicted octanol–water partition coefficient (Wildman–Crippen LogP) is 1.48. The maximum absolute atomic E-state index is 12.2. The van der Waals surface area contributed by atoms with Crippen molar-refractivity contribution in [2.45, 2.75) is 0 Å². The van der Waals surface area contributed by atoms with Gasteiger partial charge in [0, 0.05) is 32.7 Å². The maximum Gasteiger partial charge on any atom is 0.246 e. The Bertz CT molecular complexity index is 464. The molecule has 2 N–H and O–H groups in total. The van der Waals surface area contributed by atoms with Crippen LogP contribution >= 0.6 is 11.6 Å². The van der Waals surface area contributed by atoms with Gasteiger partial charge in [-0.05, 0) is 12.1 Å². The van der Waals surface area contributed by atoms with Gasteiger partial charge in [0.15, 0.2) is 0 Å². The fraction of sp³-hybridized carbons (Fsp3) is 0.588. The number of hydrogen-bond acceptors (Lipinski definition) is 5. The molecule has 1 atom stereocenters. The second-order valence-electron chi connectivity index (χ2n) is 5.41. The van der Waals surface area contributed by atoms with Crippen LogP contribution in [0.15, 0.2) is 24.3 Å². The fourth-order valence-electron chi connectivity index (χ4n) is 1.95. The third kappa shape index (κ3) is 11.1. The molecule has 1 aliphatic heterocycles. The number of halogens is 2. The third-order valence-corrected chi connectivity index (χ3v) is 3.59. The Morgan fingerprint density at radius 2 is 2.24 bits per heavy atom. The first-order valence-electron chi connectivity index (χ1n) is 8.15. The summed E-state index contributed by atoms with van der Waals surface area (Å²) in [7, 11) is 1.60. The second kappa shape index (κ2) is 14.0. The molecule has 1 amide bonds. The zero-order valence-electron chi connectivity index (χ0n) is 14.4. The van der Waals surface area contributed by atoms with E-state index < -0.39 is 0 Å². The Hall–Kier alpha value is -1.25. The lowest BCUT2D eigenvalue weighted by Gasteiger charge is -2.14. The zero-order valence-corrected chi connectivity index (χ0v) is 15.2. The van der Waals surface area contributed by atoms with Crippen LogP contribution in [0.4, 0.5) is 4.39 Å². The van der Waals surface area contributed by atoms with E-state index in [0.717, 1.165) is 19.7 Å². The Balaban J connectivity index is 0.000000324. The van der Waals surface area contributed by atoms with Crippen molar-refractivity contribution < 1.29 is 23.4 Å². The smallest absolute Gasteiger partial charge is 0.246 e. The normalized spacial score (nSPS) is 17.2. The van der Waals surface area contributed by atoms with Crippen molar-refractivity contribution in [3.63, 3.8) is 0 Å². The Morgan fingerprint density at radius 3 is 2.92 bits per heavy atom. The van der Waals surface area contributed by atoms with Crippen LogP contribution in [0.25, 0.3) is 0 Å². The van der Waals surface area contributed by atoms with Gasteiger partial charge in [-0.15, -0.1) is 0 Å². The van der Waals surface area contributed by atoms with E-state index in [1.54, 1.807) is 19.2 Å². The molecular formula is C17H26ClFN2O4. The van der Waals surface area contributed by atoms with Crippen molar-refractivity contribution in [2.24, 2.45) is 5.92 Å². The van der Waals surface area contributed by atoms with E-state index >= 15 is 0 Å². The van der Waals surface area contributed by atoms with E-state index in [9.17, 15) is 9.18 Å². The molecule has 0 aromatic heterocycles. The summed E-state index contributed by atoms with van der Waals surface area (Å²) >= 11 is 5.33. The van der Waals surface area contributed by atoms with E-state index in [1.807, 2.05) is 0 Å². The molecule has 142 valence electrons. The summed E-state index contributed by atoms with van der Waals surface area (Å²) < 4.78 is 27.5. The summed E-state index contributed by atoms with van der Waals surface area (Å²) in [6, 6.07) is 6.12. The molecule has 1 aliphatic rings. The third-order valence-electron chi connectivity index (χ3n) is 3.29. The van der Waals surface area contributed by atoms with Gasteiger partial charge in [-0.3, -0.25) is 4.79 Å². The molecule has 2 rings (SSSR count). The standard InChI is InChI=1S/C11H22N2O4.C6H4ClF/c1-15-4-5-17-9-11(14)13-7-10-6-12-2-3-16-8-10;7-5-3-1-2-4-6(5)8/h10,12H,2-9H2,1H3,(H,13,14);1-4H. The number of hydrogen-bond donors (Lipinski definition) is 2. The number of amides is 1. The van der Waals surface area contributed by atoms with Crippen molar-refractivity contribution in [3.05, 3.63) is 35.1 Å². The summed E-state index contributed by atoms with van der Waals surface area (Å²) in [5.74, 6) is -0.125.